The Bertz CT molecular complexity index is 247. The quantitative estimate of drug-likeness (QED) is 0.456. The van der Waals surface area contributed by atoms with E-state index >= 15 is 0 Å². The fraction of sp³-hybridized carbons (Fsp3) is 0.143. The Kier molecular flexibility index (Phi) is 7.52. The summed E-state index contributed by atoms with van der Waals surface area (Å²) in [4.78, 5) is 0. The number of hydrogen-bond donors (Lipinski definition) is 0. The van der Waals surface area contributed by atoms with E-state index < -0.39 is 11.7 Å². The van der Waals surface area contributed by atoms with E-state index in [0.29, 0.717) is 0 Å². The van der Waals surface area contributed by atoms with Crippen LogP contribution in [0.1, 0.15) is 5.56 Å². The Morgan fingerprint density at radius 3 is 2.08 bits per heavy atom. The fourth-order valence-corrected chi connectivity index (χ4v) is 0.700. The molecule has 0 aromatic heterocycles. The summed E-state index contributed by atoms with van der Waals surface area (Å²) in [5.41, 5.74) is -0.734. The van der Waals surface area contributed by atoms with Crippen molar-refractivity contribution < 1.29 is 30.2 Å². The van der Waals surface area contributed by atoms with E-state index in [-0.39, 0.29) is 45.1 Å². The summed E-state index contributed by atoms with van der Waals surface area (Å²) in [6.45, 7) is 0. The molecule has 0 aliphatic carbocycles. The third-order valence-corrected chi connectivity index (χ3v) is 1.34. The zero-order chi connectivity index (χ0) is 8.48. The van der Waals surface area contributed by atoms with Crippen LogP contribution in [-0.2, 0) is 6.18 Å². The fourth-order valence-electron chi connectivity index (χ4n) is 0.582. The number of hydrogen-bond acceptors (Lipinski definition) is 0. The van der Waals surface area contributed by atoms with Crippen LogP contribution in [0.3, 0.4) is 0 Å². The van der Waals surface area contributed by atoms with Crippen LogP contribution in [-0.4, -0.2) is 23.1 Å². The largest absolute Gasteiger partial charge is 2.00 e. The number of alkyl halides is 3. The molecule has 68 valence electrons. The van der Waals surface area contributed by atoms with Gasteiger partial charge in [-0.15, -0.1) is 11.6 Å². The third-order valence-electron chi connectivity index (χ3n) is 1.10. The zero-order valence-corrected chi connectivity index (χ0v) is 10.1. The normalized spacial score (nSPS) is 9.85. The Morgan fingerprint density at radius 1 is 1.23 bits per heavy atom. The van der Waals surface area contributed by atoms with Crippen molar-refractivity contribution in [3.63, 3.8) is 0 Å². The van der Waals surface area contributed by atoms with E-state index in [4.69, 9.17) is 11.6 Å². The molecule has 0 atom stereocenters. The van der Waals surface area contributed by atoms with Crippen LogP contribution in [0.5, 0.6) is 0 Å². The molecule has 0 aliphatic rings. The van der Waals surface area contributed by atoms with Crippen LogP contribution in [0.25, 0.3) is 0 Å². The predicted octanol–water partition coefficient (Wildman–Crippen LogP) is -0.218. The third kappa shape index (κ3) is 5.10. The molecule has 0 radical (unpaired) electrons. The molecule has 0 saturated carbocycles. The van der Waals surface area contributed by atoms with Crippen molar-refractivity contribution in [3.05, 3.63) is 34.9 Å². The molecule has 0 aliphatic heterocycles. The van der Waals surface area contributed by atoms with Crippen LogP contribution >= 0.6 is 11.6 Å². The van der Waals surface area contributed by atoms with Crippen LogP contribution in [0, 0.1) is 6.07 Å². The van der Waals surface area contributed by atoms with Crippen molar-refractivity contribution in [1.29, 1.82) is 0 Å². The predicted molar refractivity (Wildman–Crippen MR) is 41.0 cm³/mol. The second-order valence-electron chi connectivity index (χ2n) is 1.92. The first-order valence-corrected chi connectivity index (χ1v) is 3.12. The minimum Gasteiger partial charge on any atom is -1.00 e. The van der Waals surface area contributed by atoms with Gasteiger partial charge >= 0.3 is 29.2 Å². The van der Waals surface area contributed by atoms with Crippen molar-refractivity contribution in [3.8, 4) is 0 Å². The zero-order valence-electron chi connectivity index (χ0n) is 6.33. The molecule has 6 heteroatoms. The average Bonchev–Trinajstić information content (AvgIpc) is 1.86. The molecule has 1 aromatic carbocycles. The molecule has 1 rings (SSSR count). The van der Waals surface area contributed by atoms with Crippen molar-refractivity contribution in [1.82, 2.24) is 0 Å². The summed E-state index contributed by atoms with van der Waals surface area (Å²) < 4.78 is 35.6. The molecule has 0 saturated heterocycles. The van der Waals surface area contributed by atoms with Gasteiger partial charge in [-0.2, -0.15) is 37.4 Å². The van der Waals surface area contributed by atoms with E-state index in [0.717, 1.165) is 18.2 Å². The maximum Gasteiger partial charge on any atom is 2.00 e. The molecule has 0 heterocycles. The van der Waals surface area contributed by atoms with Crippen molar-refractivity contribution in [2.75, 3.05) is 0 Å². The smallest absolute Gasteiger partial charge is 1.00 e. The SMILES string of the molecule is FC(F)(F)c1c[c-]c(Cl)cc1.[Br-].[Mg+2]. The van der Waals surface area contributed by atoms with E-state index in [1.165, 1.54) is 0 Å². The van der Waals surface area contributed by atoms with Gasteiger partial charge in [0.05, 0.1) is 0 Å². The molecular weight excluding hydrogens is 281 g/mol. The Labute approximate surface area is 105 Å². The molecule has 0 bridgehead atoms. The Morgan fingerprint density at radius 2 is 1.77 bits per heavy atom. The molecule has 0 amide bonds. The molecule has 0 unspecified atom stereocenters. The van der Waals surface area contributed by atoms with E-state index in [1.807, 2.05) is 0 Å². The van der Waals surface area contributed by atoms with Gasteiger partial charge in [-0.3, -0.25) is 0 Å². The first-order chi connectivity index (χ1) is 5.00. The second-order valence-corrected chi connectivity index (χ2v) is 2.33. The first-order valence-electron chi connectivity index (χ1n) is 2.74. The van der Waals surface area contributed by atoms with Crippen molar-refractivity contribution >= 4 is 34.7 Å². The average molecular weight is 284 g/mol. The molecule has 0 spiro atoms. The summed E-state index contributed by atoms with van der Waals surface area (Å²) in [5.74, 6) is 0. The summed E-state index contributed by atoms with van der Waals surface area (Å²) >= 11 is 5.34. The van der Waals surface area contributed by atoms with Crippen molar-refractivity contribution in [2.45, 2.75) is 6.18 Å². The topological polar surface area (TPSA) is 0 Å². The molecular formula is C7H3BrClF3Mg. The van der Waals surface area contributed by atoms with Crippen molar-refractivity contribution in [2.24, 2.45) is 0 Å². The summed E-state index contributed by atoms with van der Waals surface area (Å²) in [6, 6.07) is 5.15. The maximum absolute atomic E-state index is 11.9. The monoisotopic (exact) mass is 282 g/mol. The molecule has 0 fully saturated rings. The van der Waals surface area contributed by atoms with Gasteiger partial charge < -0.3 is 17.0 Å². The van der Waals surface area contributed by atoms with Gasteiger partial charge in [-0.1, -0.05) is 10.6 Å². The minimum absolute atomic E-state index is 0. The van der Waals surface area contributed by atoms with Crippen LogP contribution in [0.15, 0.2) is 18.2 Å². The van der Waals surface area contributed by atoms with Crippen LogP contribution in [0.4, 0.5) is 13.2 Å². The van der Waals surface area contributed by atoms with E-state index in [2.05, 4.69) is 6.07 Å². The van der Waals surface area contributed by atoms with Crippen LogP contribution in [0.2, 0.25) is 5.02 Å². The molecule has 13 heavy (non-hydrogen) atoms. The molecule has 1 aromatic rings. The summed E-state index contributed by atoms with van der Waals surface area (Å²) in [6.07, 6.45) is -4.30. The first kappa shape index (κ1) is 16.0. The minimum atomic E-state index is -4.30. The summed E-state index contributed by atoms with van der Waals surface area (Å²) in [7, 11) is 0. The van der Waals surface area contributed by atoms with Gasteiger partial charge in [0, 0.05) is 0 Å². The van der Waals surface area contributed by atoms with Gasteiger partial charge in [0.2, 0.25) is 0 Å². The Hall–Kier alpha value is 0.546. The summed E-state index contributed by atoms with van der Waals surface area (Å²) in [5, 5.41) is 0.179. The van der Waals surface area contributed by atoms with Gasteiger partial charge in [-0.25, -0.2) is 0 Å². The molecule has 0 nitrogen and oxygen atoms in total. The number of halogens is 5. The second kappa shape index (κ2) is 6.11. The van der Waals surface area contributed by atoms with Gasteiger partial charge in [0.25, 0.3) is 0 Å². The number of rotatable bonds is 0. The van der Waals surface area contributed by atoms with Crippen LogP contribution < -0.4 is 17.0 Å². The molecule has 0 N–H and O–H groups in total. The number of benzene rings is 1. The van der Waals surface area contributed by atoms with Gasteiger partial charge in [-0.05, 0) is 0 Å². The Balaban J connectivity index is 0. The standard InChI is InChI=1S/C7H3ClF3.BrH.Mg/c8-6-3-1-5(2-4-6)7(9,10)11;;/h1-3H;1H;/q-1;;+2/p-1. The maximum atomic E-state index is 11.9. The van der Waals surface area contributed by atoms with E-state index in [1.54, 1.807) is 0 Å². The van der Waals surface area contributed by atoms with Gasteiger partial charge in [0.15, 0.2) is 0 Å². The van der Waals surface area contributed by atoms with Gasteiger partial charge in [0.1, 0.15) is 0 Å². The van der Waals surface area contributed by atoms with E-state index in [9.17, 15) is 13.2 Å².